The summed E-state index contributed by atoms with van der Waals surface area (Å²) in [6.45, 7) is 3.40. The number of Topliss-reactive ketones (excluding diaryl/α,β-unsaturated/α-hetero) is 1. The van der Waals surface area contributed by atoms with E-state index in [-0.39, 0.29) is 29.3 Å². The van der Waals surface area contributed by atoms with Gasteiger partial charge in [-0.05, 0) is 13.8 Å². The van der Waals surface area contributed by atoms with Crippen LogP contribution in [0.2, 0.25) is 0 Å². The minimum atomic E-state index is -0.440. The van der Waals surface area contributed by atoms with Crippen molar-refractivity contribution in [1.29, 1.82) is 0 Å². The van der Waals surface area contributed by atoms with E-state index >= 15 is 0 Å². The topological polar surface area (TPSA) is 43.4 Å². The molecule has 3 nitrogen and oxygen atoms in total. The van der Waals surface area contributed by atoms with E-state index in [2.05, 4.69) is 4.74 Å². The SMILES string of the molecule is CCOC(=O)CC(C)=O.[Mn]. The zero-order chi connectivity index (χ0) is 7.28. The predicted octanol–water partition coefficient (Wildman–Crippen LogP) is 0.526. The monoisotopic (exact) mass is 185 g/mol. The number of carbonyl (C=O) groups is 2. The van der Waals surface area contributed by atoms with Crippen LogP contribution in [0.4, 0.5) is 0 Å². The van der Waals surface area contributed by atoms with Gasteiger partial charge in [-0.3, -0.25) is 9.59 Å². The molecule has 0 aliphatic rings. The summed E-state index contributed by atoms with van der Waals surface area (Å²) in [7, 11) is 0. The van der Waals surface area contributed by atoms with Crippen LogP contribution < -0.4 is 0 Å². The van der Waals surface area contributed by atoms with Crippen LogP contribution >= 0.6 is 0 Å². The summed E-state index contributed by atoms with van der Waals surface area (Å²) in [5.41, 5.74) is 0. The summed E-state index contributed by atoms with van der Waals surface area (Å²) >= 11 is 0. The van der Waals surface area contributed by atoms with Gasteiger partial charge in [0.05, 0.1) is 6.61 Å². The first-order valence-corrected chi connectivity index (χ1v) is 2.82. The number of rotatable bonds is 3. The minimum Gasteiger partial charge on any atom is -0.466 e. The van der Waals surface area contributed by atoms with Crippen molar-refractivity contribution >= 4 is 11.8 Å². The molecule has 0 fully saturated rings. The fraction of sp³-hybridized carbons (Fsp3) is 0.667. The molecule has 0 heterocycles. The van der Waals surface area contributed by atoms with Crippen molar-refractivity contribution in [3.63, 3.8) is 0 Å². The Bertz CT molecular complexity index is 122. The number of hydrogen-bond acceptors (Lipinski definition) is 3. The van der Waals surface area contributed by atoms with Crippen LogP contribution in [0.25, 0.3) is 0 Å². The second-order valence-electron chi connectivity index (χ2n) is 1.68. The molecule has 1 radical (unpaired) electrons. The van der Waals surface area contributed by atoms with Gasteiger partial charge in [-0.25, -0.2) is 0 Å². The van der Waals surface area contributed by atoms with E-state index in [9.17, 15) is 9.59 Å². The fourth-order valence-electron chi connectivity index (χ4n) is 0.415. The Hall–Kier alpha value is -0.341. The van der Waals surface area contributed by atoms with Crippen LogP contribution in [0.1, 0.15) is 20.3 Å². The molecule has 0 amide bonds. The molecule has 0 bridgehead atoms. The molecular formula is C6H10MnO3. The van der Waals surface area contributed by atoms with Crippen LogP contribution in [-0.4, -0.2) is 18.4 Å². The van der Waals surface area contributed by atoms with Crippen LogP contribution in [0.3, 0.4) is 0 Å². The largest absolute Gasteiger partial charge is 0.466 e. The van der Waals surface area contributed by atoms with E-state index in [1.54, 1.807) is 6.92 Å². The fourth-order valence-corrected chi connectivity index (χ4v) is 0.415. The molecule has 0 aliphatic heterocycles. The van der Waals surface area contributed by atoms with Gasteiger partial charge in [0.2, 0.25) is 0 Å². The Morgan fingerprint density at radius 2 is 1.90 bits per heavy atom. The number of esters is 1. The van der Waals surface area contributed by atoms with E-state index in [1.807, 2.05) is 0 Å². The molecule has 0 saturated carbocycles. The Balaban J connectivity index is 0. The molecular weight excluding hydrogens is 175 g/mol. The van der Waals surface area contributed by atoms with Crippen molar-refractivity contribution in [1.82, 2.24) is 0 Å². The van der Waals surface area contributed by atoms with Crippen molar-refractivity contribution in [2.45, 2.75) is 20.3 Å². The van der Waals surface area contributed by atoms with E-state index in [0.29, 0.717) is 6.61 Å². The molecule has 59 valence electrons. The third-order valence-corrected chi connectivity index (χ3v) is 0.699. The van der Waals surface area contributed by atoms with Gasteiger partial charge >= 0.3 is 5.97 Å². The van der Waals surface area contributed by atoms with Crippen molar-refractivity contribution in [3.8, 4) is 0 Å². The van der Waals surface area contributed by atoms with Gasteiger partial charge in [-0.1, -0.05) is 0 Å². The molecule has 0 N–H and O–H groups in total. The second kappa shape index (κ2) is 6.77. The molecule has 0 aromatic carbocycles. The van der Waals surface area contributed by atoms with Crippen LogP contribution in [0, 0.1) is 0 Å². The van der Waals surface area contributed by atoms with Crippen molar-refractivity contribution in [2.75, 3.05) is 6.61 Å². The minimum absolute atomic E-state index is 0. The summed E-state index contributed by atoms with van der Waals surface area (Å²) in [6, 6.07) is 0. The molecule has 0 aromatic heterocycles. The van der Waals surface area contributed by atoms with Crippen molar-refractivity contribution < 1.29 is 31.4 Å². The van der Waals surface area contributed by atoms with Gasteiger partial charge in [0.15, 0.2) is 0 Å². The summed E-state index contributed by atoms with van der Waals surface area (Å²) < 4.78 is 4.49. The van der Waals surface area contributed by atoms with Gasteiger partial charge in [-0.15, -0.1) is 0 Å². The molecule has 10 heavy (non-hydrogen) atoms. The summed E-state index contributed by atoms with van der Waals surface area (Å²) in [6.07, 6.45) is -0.103. The third-order valence-electron chi connectivity index (χ3n) is 0.699. The first-order valence-electron chi connectivity index (χ1n) is 2.82. The molecule has 0 spiro atoms. The van der Waals surface area contributed by atoms with E-state index in [4.69, 9.17) is 0 Å². The Morgan fingerprint density at radius 3 is 2.20 bits per heavy atom. The normalized spacial score (nSPS) is 7.80. The van der Waals surface area contributed by atoms with Gasteiger partial charge in [0.25, 0.3) is 0 Å². The van der Waals surface area contributed by atoms with Gasteiger partial charge in [-0.2, -0.15) is 0 Å². The molecule has 0 atom stereocenters. The van der Waals surface area contributed by atoms with Crippen LogP contribution in [-0.2, 0) is 31.4 Å². The quantitative estimate of drug-likeness (QED) is 0.366. The number of hydrogen-bond donors (Lipinski definition) is 0. The molecule has 0 saturated heterocycles. The second-order valence-corrected chi connectivity index (χ2v) is 1.68. The number of ether oxygens (including phenoxy) is 1. The maximum atomic E-state index is 10.4. The molecule has 4 heteroatoms. The summed E-state index contributed by atoms with van der Waals surface area (Å²) in [4.78, 5) is 20.6. The van der Waals surface area contributed by atoms with E-state index in [1.165, 1.54) is 6.92 Å². The van der Waals surface area contributed by atoms with E-state index < -0.39 is 5.97 Å². The van der Waals surface area contributed by atoms with Gasteiger partial charge in [0.1, 0.15) is 12.2 Å². The van der Waals surface area contributed by atoms with E-state index in [0.717, 1.165) is 0 Å². The molecule has 0 unspecified atom stereocenters. The number of carbonyl (C=O) groups excluding carboxylic acids is 2. The van der Waals surface area contributed by atoms with Gasteiger partial charge in [0, 0.05) is 17.1 Å². The van der Waals surface area contributed by atoms with Crippen LogP contribution in [0.5, 0.6) is 0 Å². The first kappa shape index (κ1) is 12.3. The van der Waals surface area contributed by atoms with Crippen LogP contribution in [0.15, 0.2) is 0 Å². The molecule has 0 aromatic rings. The average molecular weight is 185 g/mol. The smallest absolute Gasteiger partial charge is 0.313 e. The average Bonchev–Trinajstić information content (AvgIpc) is 1.63. The van der Waals surface area contributed by atoms with Crippen molar-refractivity contribution in [2.24, 2.45) is 0 Å². The number of ketones is 1. The third kappa shape index (κ3) is 7.66. The maximum absolute atomic E-state index is 10.4. The summed E-state index contributed by atoms with van der Waals surface area (Å²) in [5.74, 6) is -0.599. The predicted molar refractivity (Wildman–Crippen MR) is 31.9 cm³/mol. The van der Waals surface area contributed by atoms with Gasteiger partial charge < -0.3 is 4.74 Å². The Morgan fingerprint density at radius 1 is 1.40 bits per heavy atom. The Labute approximate surface area is 70.6 Å². The zero-order valence-corrected chi connectivity index (χ0v) is 7.20. The maximum Gasteiger partial charge on any atom is 0.313 e. The Kier molecular flexibility index (Phi) is 8.36. The summed E-state index contributed by atoms with van der Waals surface area (Å²) in [5, 5.41) is 0. The first-order chi connectivity index (χ1) is 4.16. The molecule has 0 aliphatic carbocycles. The molecule has 0 rings (SSSR count). The zero-order valence-electron chi connectivity index (χ0n) is 6.02. The standard InChI is InChI=1S/C6H10O3.Mn/c1-3-9-6(8)4-5(2)7;/h3-4H2,1-2H3;. The van der Waals surface area contributed by atoms with Crippen molar-refractivity contribution in [3.05, 3.63) is 0 Å².